The molecular weight excluding hydrogens is 428 g/mol. The van der Waals surface area contributed by atoms with Crippen LogP contribution < -0.4 is 15.8 Å². The molecule has 1 aliphatic rings. The zero-order valence-corrected chi connectivity index (χ0v) is 19.1. The molecule has 0 bridgehead atoms. The van der Waals surface area contributed by atoms with Gasteiger partial charge in [0.25, 0.3) is 0 Å². The molecule has 1 amide bonds. The first-order chi connectivity index (χ1) is 16.5. The van der Waals surface area contributed by atoms with Gasteiger partial charge in [0, 0.05) is 17.5 Å². The highest BCUT2D eigenvalue weighted by Crippen LogP contribution is 2.32. The van der Waals surface area contributed by atoms with Crippen LogP contribution >= 0.6 is 0 Å². The van der Waals surface area contributed by atoms with Gasteiger partial charge in [-0.3, -0.25) is 4.79 Å². The van der Waals surface area contributed by atoms with Gasteiger partial charge in [0.1, 0.15) is 18.5 Å². The van der Waals surface area contributed by atoms with Gasteiger partial charge >= 0.3 is 0 Å². The molecule has 5 atom stereocenters. The molecule has 0 spiro atoms. The third-order valence-corrected chi connectivity index (χ3v) is 6.38. The van der Waals surface area contributed by atoms with Gasteiger partial charge in [0.2, 0.25) is 5.91 Å². The monoisotopic (exact) mass is 460 g/mol. The molecule has 1 aliphatic heterocycles. The lowest BCUT2D eigenvalue weighted by Crippen LogP contribution is -2.46. The molecule has 0 fully saturated rings. The Balaban J connectivity index is 1.49. The molecule has 3 aromatic carbocycles. The van der Waals surface area contributed by atoms with Crippen molar-refractivity contribution < 1.29 is 19.7 Å². The van der Waals surface area contributed by atoms with Crippen LogP contribution in [0.5, 0.6) is 5.75 Å². The minimum atomic E-state index is -0.860. The number of nitrogens with one attached hydrogen (secondary N) is 1. The Bertz CT molecular complexity index is 1060. The van der Waals surface area contributed by atoms with Crippen LogP contribution in [-0.4, -0.2) is 41.0 Å². The van der Waals surface area contributed by atoms with Crippen molar-refractivity contribution in [2.24, 2.45) is 11.7 Å². The van der Waals surface area contributed by atoms with E-state index in [1.807, 2.05) is 84.9 Å². The summed E-state index contributed by atoms with van der Waals surface area (Å²) in [4.78, 5) is 13.5. The number of para-hydroxylation sites is 1. The summed E-state index contributed by atoms with van der Waals surface area (Å²) in [7, 11) is 0. The van der Waals surface area contributed by atoms with E-state index in [1.54, 1.807) is 0 Å². The second kappa shape index (κ2) is 11.3. The molecule has 6 heteroatoms. The van der Waals surface area contributed by atoms with E-state index in [2.05, 4.69) is 5.32 Å². The molecule has 0 saturated heterocycles. The van der Waals surface area contributed by atoms with Crippen LogP contribution in [0.25, 0.3) is 0 Å². The lowest BCUT2D eigenvalue weighted by molar-refractivity contribution is -0.128. The molecule has 1 heterocycles. The standard InChI is InChI=1S/C28H32N2O4/c29-23(16-20-11-5-2-6-12-20)24(31)17-21(15-19-9-3-1-4-10-19)28(33)30-27-22-13-7-8-14-26(22)34-18-25(27)32/h1-14,21,23-25,27,31-32H,15-18,29H2,(H,30,33)/t21-,23+,24+,25-,27+/m1/s1. The first-order valence-corrected chi connectivity index (χ1v) is 11.7. The number of hydrogen-bond acceptors (Lipinski definition) is 5. The Morgan fingerprint density at radius 3 is 2.21 bits per heavy atom. The van der Waals surface area contributed by atoms with Crippen LogP contribution in [0.15, 0.2) is 84.9 Å². The van der Waals surface area contributed by atoms with E-state index in [1.165, 1.54) is 0 Å². The van der Waals surface area contributed by atoms with Gasteiger partial charge in [0.05, 0.1) is 12.1 Å². The summed E-state index contributed by atoms with van der Waals surface area (Å²) < 4.78 is 5.60. The van der Waals surface area contributed by atoms with Crippen molar-refractivity contribution in [2.75, 3.05) is 6.61 Å². The molecule has 0 aliphatic carbocycles. The van der Waals surface area contributed by atoms with Crippen LogP contribution in [0.1, 0.15) is 29.2 Å². The molecule has 0 aromatic heterocycles. The number of amides is 1. The van der Waals surface area contributed by atoms with Gasteiger partial charge in [-0.25, -0.2) is 0 Å². The number of benzene rings is 3. The maximum Gasteiger partial charge on any atom is 0.224 e. The largest absolute Gasteiger partial charge is 0.490 e. The van der Waals surface area contributed by atoms with E-state index in [0.29, 0.717) is 18.6 Å². The summed E-state index contributed by atoms with van der Waals surface area (Å²) in [6, 6.07) is 25.8. The molecule has 0 unspecified atom stereocenters. The lowest BCUT2D eigenvalue weighted by atomic mass is 9.88. The van der Waals surface area contributed by atoms with Crippen molar-refractivity contribution in [1.82, 2.24) is 5.32 Å². The van der Waals surface area contributed by atoms with Gasteiger partial charge in [-0.05, 0) is 36.5 Å². The SMILES string of the molecule is N[C@@H](Cc1ccccc1)[C@@H](O)C[C@@H](Cc1ccccc1)C(=O)N[C@H]1c2ccccc2OC[C@H]1O. The zero-order valence-electron chi connectivity index (χ0n) is 19.1. The van der Waals surface area contributed by atoms with E-state index < -0.39 is 30.2 Å². The first kappa shape index (κ1) is 24.0. The Kier molecular flexibility index (Phi) is 7.95. The van der Waals surface area contributed by atoms with Gasteiger partial charge in [0.15, 0.2) is 0 Å². The number of aliphatic hydroxyl groups is 2. The van der Waals surface area contributed by atoms with E-state index in [9.17, 15) is 15.0 Å². The van der Waals surface area contributed by atoms with Crippen LogP contribution in [0.4, 0.5) is 0 Å². The third-order valence-electron chi connectivity index (χ3n) is 6.38. The van der Waals surface area contributed by atoms with Crippen molar-refractivity contribution in [2.45, 2.75) is 43.6 Å². The zero-order chi connectivity index (χ0) is 23.9. The fourth-order valence-corrected chi connectivity index (χ4v) is 4.46. The maximum absolute atomic E-state index is 13.5. The maximum atomic E-state index is 13.5. The highest BCUT2D eigenvalue weighted by molar-refractivity contribution is 5.79. The molecule has 4 rings (SSSR count). The number of ether oxygens (including phenoxy) is 1. The number of rotatable bonds is 9. The summed E-state index contributed by atoms with van der Waals surface area (Å²) in [5.74, 6) is -0.0837. The van der Waals surface area contributed by atoms with Crippen LogP contribution in [0, 0.1) is 5.92 Å². The molecule has 3 aromatic rings. The second-order valence-corrected chi connectivity index (χ2v) is 8.95. The van der Waals surface area contributed by atoms with Crippen molar-refractivity contribution >= 4 is 5.91 Å². The number of nitrogens with two attached hydrogens (primary N) is 1. The van der Waals surface area contributed by atoms with Crippen molar-refractivity contribution in [3.63, 3.8) is 0 Å². The topological polar surface area (TPSA) is 105 Å². The number of hydrogen-bond donors (Lipinski definition) is 4. The fraction of sp³-hybridized carbons (Fsp3) is 0.321. The number of fused-ring (bicyclic) bond motifs is 1. The summed E-state index contributed by atoms with van der Waals surface area (Å²) >= 11 is 0. The summed E-state index contributed by atoms with van der Waals surface area (Å²) in [6.45, 7) is 0.107. The predicted molar refractivity (Wildman–Crippen MR) is 131 cm³/mol. The molecule has 0 saturated carbocycles. The lowest BCUT2D eigenvalue weighted by Gasteiger charge is -2.32. The first-order valence-electron chi connectivity index (χ1n) is 11.7. The van der Waals surface area contributed by atoms with Crippen molar-refractivity contribution in [3.05, 3.63) is 102 Å². The smallest absolute Gasteiger partial charge is 0.224 e. The molecule has 5 N–H and O–H groups in total. The Morgan fingerprint density at radius 2 is 1.53 bits per heavy atom. The average Bonchev–Trinajstić information content (AvgIpc) is 2.86. The Morgan fingerprint density at radius 1 is 0.941 bits per heavy atom. The highest BCUT2D eigenvalue weighted by Gasteiger charge is 2.33. The van der Waals surface area contributed by atoms with E-state index in [0.717, 1.165) is 16.7 Å². The average molecular weight is 461 g/mol. The minimum absolute atomic E-state index is 0.107. The Labute approximate surface area is 200 Å². The minimum Gasteiger partial charge on any atom is -0.490 e. The van der Waals surface area contributed by atoms with Gasteiger partial charge in [-0.2, -0.15) is 0 Å². The normalized spacial score (nSPS) is 19.9. The van der Waals surface area contributed by atoms with E-state index in [4.69, 9.17) is 10.5 Å². The Hall–Kier alpha value is -3.19. The summed E-state index contributed by atoms with van der Waals surface area (Å²) in [6.07, 6.45) is -0.514. The quantitative estimate of drug-likeness (QED) is 0.393. The molecule has 6 nitrogen and oxygen atoms in total. The van der Waals surface area contributed by atoms with Crippen molar-refractivity contribution in [1.29, 1.82) is 0 Å². The van der Waals surface area contributed by atoms with E-state index >= 15 is 0 Å². The summed E-state index contributed by atoms with van der Waals surface area (Å²) in [5, 5.41) is 24.5. The van der Waals surface area contributed by atoms with Crippen LogP contribution in [-0.2, 0) is 17.6 Å². The predicted octanol–water partition coefficient (Wildman–Crippen LogP) is 2.78. The van der Waals surface area contributed by atoms with Crippen molar-refractivity contribution in [3.8, 4) is 5.75 Å². The van der Waals surface area contributed by atoms with Gasteiger partial charge in [-0.1, -0.05) is 78.9 Å². The van der Waals surface area contributed by atoms with Gasteiger partial charge < -0.3 is 26.0 Å². The number of carbonyl (C=O) groups is 1. The van der Waals surface area contributed by atoms with Gasteiger partial charge in [-0.15, -0.1) is 0 Å². The fourth-order valence-electron chi connectivity index (χ4n) is 4.46. The van der Waals surface area contributed by atoms with Crippen LogP contribution in [0.3, 0.4) is 0 Å². The third kappa shape index (κ3) is 6.03. The number of aliphatic hydroxyl groups excluding tert-OH is 2. The second-order valence-electron chi connectivity index (χ2n) is 8.95. The summed E-state index contributed by atoms with van der Waals surface area (Å²) in [5.41, 5.74) is 9.11. The van der Waals surface area contributed by atoms with E-state index in [-0.39, 0.29) is 18.9 Å². The highest BCUT2D eigenvalue weighted by atomic mass is 16.5. The van der Waals surface area contributed by atoms with Crippen LogP contribution in [0.2, 0.25) is 0 Å². The molecular formula is C28H32N2O4. The number of carbonyl (C=O) groups excluding carboxylic acids is 1. The molecule has 0 radical (unpaired) electrons. The molecule has 34 heavy (non-hydrogen) atoms. The molecule has 178 valence electrons.